The lowest BCUT2D eigenvalue weighted by Crippen LogP contribution is -2.36. The van der Waals surface area contributed by atoms with Gasteiger partial charge in [0.25, 0.3) is 11.1 Å². The number of hydrogen-bond acceptors (Lipinski definition) is 6. The van der Waals surface area contributed by atoms with Crippen LogP contribution in [0.3, 0.4) is 0 Å². The first-order chi connectivity index (χ1) is 19.4. The van der Waals surface area contributed by atoms with Crippen LogP contribution in [0.5, 0.6) is 11.5 Å². The second-order valence-electron chi connectivity index (χ2n) is 8.86. The van der Waals surface area contributed by atoms with Crippen molar-refractivity contribution in [2.45, 2.75) is 13.5 Å². The summed E-state index contributed by atoms with van der Waals surface area (Å²) in [6, 6.07) is 24.5. The van der Waals surface area contributed by atoms with Crippen molar-refractivity contribution in [3.8, 4) is 11.5 Å². The van der Waals surface area contributed by atoms with Crippen molar-refractivity contribution in [2.24, 2.45) is 0 Å². The van der Waals surface area contributed by atoms with Gasteiger partial charge in [-0.3, -0.25) is 19.3 Å². The van der Waals surface area contributed by atoms with Gasteiger partial charge in [-0.15, -0.1) is 0 Å². The quantitative estimate of drug-likeness (QED) is 0.233. The number of fused-ring (bicyclic) bond motifs is 1. The maximum Gasteiger partial charge on any atom is 0.294 e. The number of nitrogens with zero attached hydrogens (tertiary/aromatic N) is 1. The van der Waals surface area contributed by atoms with E-state index >= 15 is 0 Å². The van der Waals surface area contributed by atoms with Crippen LogP contribution in [0.25, 0.3) is 16.8 Å². The predicted octanol–water partition coefficient (Wildman–Crippen LogP) is 6.63. The number of halogens is 1. The van der Waals surface area contributed by atoms with Crippen LogP contribution in [0.4, 0.5) is 14.9 Å². The molecule has 0 atom stereocenters. The van der Waals surface area contributed by atoms with E-state index < -0.39 is 23.6 Å². The Morgan fingerprint density at radius 2 is 1.73 bits per heavy atom. The number of imide groups is 1. The molecule has 0 bridgehead atoms. The minimum atomic E-state index is -0.555. The Morgan fingerprint density at radius 1 is 0.950 bits per heavy atom. The molecule has 5 rings (SSSR count). The number of carbonyl (C=O) groups is 3. The third-order valence-electron chi connectivity index (χ3n) is 6.15. The molecule has 4 aromatic rings. The molecule has 202 valence electrons. The molecule has 1 aliphatic rings. The average molecular weight is 557 g/mol. The number of ether oxygens (including phenoxy) is 2. The zero-order valence-electron chi connectivity index (χ0n) is 21.6. The number of amides is 3. The number of carbonyl (C=O) groups excluding carboxylic acids is 3. The van der Waals surface area contributed by atoms with Crippen molar-refractivity contribution in [1.82, 2.24) is 4.90 Å². The summed E-state index contributed by atoms with van der Waals surface area (Å²) in [6.07, 6.45) is 1.57. The molecule has 0 aliphatic carbocycles. The van der Waals surface area contributed by atoms with Crippen LogP contribution >= 0.6 is 11.8 Å². The van der Waals surface area contributed by atoms with E-state index in [9.17, 15) is 18.8 Å². The fourth-order valence-electron chi connectivity index (χ4n) is 4.23. The van der Waals surface area contributed by atoms with E-state index in [0.717, 1.165) is 27.4 Å². The molecule has 7 nitrogen and oxygen atoms in total. The lowest BCUT2D eigenvalue weighted by atomic mass is 10.1. The van der Waals surface area contributed by atoms with Crippen molar-refractivity contribution < 1.29 is 28.2 Å². The van der Waals surface area contributed by atoms with E-state index in [1.54, 1.807) is 48.5 Å². The number of anilines is 1. The first kappa shape index (κ1) is 27.0. The molecule has 40 heavy (non-hydrogen) atoms. The third-order valence-corrected chi connectivity index (χ3v) is 7.05. The zero-order chi connectivity index (χ0) is 28.1. The summed E-state index contributed by atoms with van der Waals surface area (Å²) in [5, 5.41) is 4.10. The van der Waals surface area contributed by atoms with Crippen LogP contribution < -0.4 is 14.8 Å². The molecule has 1 saturated heterocycles. The highest BCUT2D eigenvalue weighted by Crippen LogP contribution is 2.35. The van der Waals surface area contributed by atoms with Gasteiger partial charge in [-0.25, -0.2) is 4.39 Å². The average Bonchev–Trinajstić information content (AvgIpc) is 3.21. The molecule has 1 N–H and O–H groups in total. The summed E-state index contributed by atoms with van der Waals surface area (Å²) < 4.78 is 25.5. The molecular weight excluding hydrogens is 531 g/mol. The highest BCUT2D eigenvalue weighted by Gasteiger charge is 2.36. The number of hydrogen-bond donors (Lipinski definition) is 1. The van der Waals surface area contributed by atoms with E-state index in [1.165, 1.54) is 6.07 Å². The molecule has 0 unspecified atom stereocenters. The monoisotopic (exact) mass is 556 g/mol. The predicted molar refractivity (Wildman–Crippen MR) is 154 cm³/mol. The van der Waals surface area contributed by atoms with Gasteiger partial charge in [0.1, 0.15) is 19.0 Å². The molecule has 1 heterocycles. The molecule has 9 heteroatoms. The lowest BCUT2D eigenvalue weighted by molar-refractivity contribution is -0.127. The van der Waals surface area contributed by atoms with Gasteiger partial charge < -0.3 is 14.8 Å². The molecule has 0 radical (unpaired) electrons. The first-order valence-electron chi connectivity index (χ1n) is 12.6. The minimum Gasteiger partial charge on any atom is -0.490 e. The van der Waals surface area contributed by atoms with Crippen molar-refractivity contribution in [3.63, 3.8) is 0 Å². The first-order valence-corrected chi connectivity index (χ1v) is 13.4. The van der Waals surface area contributed by atoms with Crippen LogP contribution in [0.2, 0.25) is 0 Å². The van der Waals surface area contributed by atoms with E-state index in [1.807, 2.05) is 43.3 Å². The normalized spacial score (nSPS) is 14.2. The van der Waals surface area contributed by atoms with Crippen molar-refractivity contribution >= 4 is 51.4 Å². The van der Waals surface area contributed by atoms with Crippen molar-refractivity contribution in [1.29, 1.82) is 0 Å². The van der Waals surface area contributed by atoms with Crippen LogP contribution in [-0.4, -0.2) is 35.1 Å². The Labute approximate surface area is 234 Å². The van der Waals surface area contributed by atoms with E-state index in [0.29, 0.717) is 34.9 Å². The Bertz CT molecular complexity index is 1630. The SMILES string of the molecule is CCOc1cc(/C=C2/SC(=O)N(CC(=O)Nc3cccc4ccccc34)C2=O)ccc1OCc1ccccc1F. The van der Waals surface area contributed by atoms with E-state index in [-0.39, 0.29) is 17.3 Å². The third kappa shape index (κ3) is 6.00. The summed E-state index contributed by atoms with van der Waals surface area (Å²) in [6.45, 7) is 1.80. The Balaban J connectivity index is 1.28. The molecule has 4 aromatic carbocycles. The number of benzene rings is 4. The largest absolute Gasteiger partial charge is 0.490 e. The van der Waals surface area contributed by atoms with Crippen molar-refractivity contribution in [2.75, 3.05) is 18.5 Å². The highest BCUT2D eigenvalue weighted by molar-refractivity contribution is 8.18. The Morgan fingerprint density at radius 3 is 2.55 bits per heavy atom. The molecular formula is C31H25FN2O5S. The second kappa shape index (κ2) is 12.0. The Hall–Kier alpha value is -4.63. The van der Waals surface area contributed by atoms with Gasteiger partial charge in [0.15, 0.2) is 11.5 Å². The topological polar surface area (TPSA) is 84.9 Å². The second-order valence-corrected chi connectivity index (χ2v) is 9.86. The molecule has 3 amide bonds. The lowest BCUT2D eigenvalue weighted by Gasteiger charge is -2.14. The van der Waals surface area contributed by atoms with Gasteiger partial charge in [0, 0.05) is 16.6 Å². The molecule has 0 spiro atoms. The summed E-state index contributed by atoms with van der Waals surface area (Å²) in [7, 11) is 0. The number of thioether (sulfide) groups is 1. The molecule has 0 aromatic heterocycles. The summed E-state index contributed by atoms with van der Waals surface area (Å²) in [5.41, 5.74) is 1.62. The summed E-state index contributed by atoms with van der Waals surface area (Å²) >= 11 is 0.765. The standard InChI is InChI=1S/C31H25FN2O5S/c1-2-38-27-16-20(14-15-26(27)39-19-22-9-4-6-12-24(22)32)17-28-30(36)34(31(37)40-28)18-29(35)33-25-13-7-10-21-8-3-5-11-23(21)25/h3-17H,2,18-19H2,1H3,(H,33,35)/b28-17+. The van der Waals surface area contributed by atoms with E-state index in [2.05, 4.69) is 5.32 Å². The smallest absolute Gasteiger partial charge is 0.294 e. The van der Waals surface area contributed by atoms with Crippen molar-refractivity contribution in [3.05, 3.63) is 107 Å². The summed E-state index contributed by atoms with van der Waals surface area (Å²) in [4.78, 5) is 39.5. The maximum atomic E-state index is 14.0. The van der Waals surface area contributed by atoms with E-state index in [4.69, 9.17) is 9.47 Å². The van der Waals surface area contributed by atoms with Gasteiger partial charge in [-0.2, -0.15) is 0 Å². The number of rotatable bonds is 9. The fourth-order valence-corrected chi connectivity index (χ4v) is 5.07. The fraction of sp³-hybridized carbons (Fsp3) is 0.129. The Kier molecular flexibility index (Phi) is 8.12. The van der Waals surface area contributed by atoms with Gasteiger partial charge >= 0.3 is 0 Å². The molecule has 1 fully saturated rings. The number of nitrogens with one attached hydrogen (secondary N) is 1. The van der Waals surface area contributed by atoms with Crippen LogP contribution in [-0.2, 0) is 16.2 Å². The molecule has 0 saturated carbocycles. The van der Waals surface area contributed by atoms with Gasteiger partial charge in [0.2, 0.25) is 5.91 Å². The van der Waals surface area contributed by atoms with Gasteiger partial charge in [-0.05, 0) is 60.0 Å². The minimum absolute atomic E-state index is 0.0197. The van der Waals surface area contributed by atoms with Crippen LogP contribution in [0, 0.1) is 5.82 Å². The van der Waals surface area contributed by atoms with Gasteiger partial charge in [-0.1, -0.05) is 60.7 Å². The van der Waals surface area contributed by atoms with Gasteiger partial charge in [0.05, 0.1) is 11.5 Å². The highest BCUT2D eigenvalue weighted by atomic mass is 32.2. The maximum absolute atomic E-state index is 14.0. The zero-order valence-corrected chi connectivity index (χ0v) is 22.4. The summed E-state index contributed by atoms with van der Waals surface area (Å²) in [5.74, 6) is -0.559. The van der Waals surface area contributed by atoms with Crippen LogP contribution in [0.15, 0.2) is 89.8 Å². The molecule has 1 aliphatic heterocycles. The van der Waals surface area contributed by atoms with Crippen LogP contribution in [0.1, 0.15) is 18.1 Å².